The standard InChI is InChI=1S/C39H57ClN10O7/c1-28-23-48(24-29(2)56-28)33-7-9-34(10-8-33)50-26-36(38(45-50)55-13-5-12-52-16-17-54-19-18-53-15-14-51-4)44-39-41-21-32(22-42-39)31-6-11-35(40)37(20-31)57-30(3)25-49-27-43-46-47-49/h6,11,20-22,26-30,33-34H,5,7-10,12-19,23-25H2,1-4H3,(H,41,42,44)/t28-,29+,30-,33-,34-/m0/s1. The lowest BCUT2D eigenvalue weighted by molar-refractivity contribution is -0.0852. The van der Waals surface area contributed by atoms with Crippen LogP contribution in [0.15, 0.2) is 43.1 Å². The zero-order valence-corrected chi connectivity index (χ0v) is 34.3. The van der Waals surface area contributed by atoms with E-state index in [-0.39, 0.29) is 24.4 Å². The van der Waals surface area contributed by atoms with Crippen molar-refractivity contribution in [2.24, 2.45) is 0 Å². The second-order valence-corrected chi connectivity index (χ2v) is 15.0. The van der Waals surface area contributed by atoms with Crippen LogP contribution in [0.1, 0.15) is 58.9 Å². The second kappa shape index (κ2) is 22.3. The summed E-state index contributed by atoms with van der Waals surface area (Å²) in [4.78, 5) is 11.9. The lowest BCUT2D eigenvalue weighted by Gasteiger charge is -2.42. The van der Waals surface area contributed by atoms with Gasteiger partial charge in [-0.2, -0.15) is 0 Å². The number of aromatic nitrogens is 8. The van der Waals surface area contributed by atoms with Gasteiger partial charge in [0.1, 0.15) is 23.9 Å². The molecular formula is C39H57ClN10O7. The molecule has 17 nitrogen and oxygen atoms in total. The molecular weight excluding hydrogens is 756 g/mol. The molecule has 0 bridgehead atoms. The van der Waals surface area contributed by atoms with Crippen LogP contribution in [-0.2, 0) is 30.2 Å². The van der Waals surface area contributed by atoms with Gasteiger partial charge >= 0.3 is 0 Å². The summed E-state index contributed by atoms with van der Waals surface area (Å²) >= 11 is 6.49. The molecule has 0 radical (unpaired) electrons. The fourth-order valence-corrected chi connectivity index (χ4v) is 7.35. The molecule has 0 amide bonds. The first-order valence-corrected chi connectivity index (χ1v) is 20.3. The summed E-state index contributed by atoms with van der Waals surface area (Å²) in [6.45, 7) is 12.9. The Kier molecular flexibility index (Phi) is 16.6. The zero-order chi connectivity index (χ0) is 39.8. The molecule has 3 aromatic heterocycles. The number of morpholine rings is 1. The van der Waals surface area contributed by atoms with E-state index in [0.717, 1.165) is 49.9 Å². The summed E-state index contributed by atoms with van der Waals surface area (Å²) in [6, 6.07) is 6.43. The van der Waals surface area contributed by atoms with Crippen LogP contribution in [0.4, 0.5) is 11.6 Å². The van der Waals surface area contributed by atoms with Crippen molar-refractivity contribution in [2.45, 2.75) is 89.8 Å². The molecule has 1 aliphatic heterocycles. The van der Waals surface area contributed by atoms with E-state index in [2.05, 4.69) is 54.2 Å². The van der Waals surface area contributed by atoms with Crippen molar-refractivity contribution in [2.75, 3.05) is 78.4 Å². The number of halogens is 1. The number of hydrogen-bond donors (Lipinski definition) is 1. The molecule has 0 unspecified atom stereocenters. The van der Waals surface area contributed by atoms with E-state index in [1.165, 1.54) is 0 Å². The smallest absolute Gasteiger partial charge is 0.256 e. The van der Waals surface area contributed by atoms with Gasteiger partial charge in [0.25, 0.3) is 5.88 Å². The molecule has 0 spiro atoms. The van der Waals surface area contributed by atoms with Crippen molar-refractivity contribution in [3.63, 3.8) is 0 Å². The van der Waals surface area contributed by atoms with E-state index in [0.29, 0.717) is 100 Å². The van der Waals surface area contributed by atoms with Crippen molar-refractivity contribution in [3.8, 4) is 22.8 Å². The number of ether oxygens (including phenoxy) is 7. The summed E-state index contributed by atoms with van der Waals surface area (Å²) in [5, 5.41) is 20.1. The topological polar surface area (TPSA) is 167 Å². The van der Waals surface area contributed by atoms with Gasteiger partial charge in [-0.3, -0.25) is 9.58 Å². The zero-order valence-electron chi connectivity index (χ0n) is 33.5. The van der Waals surface area contributed by atoms with Crippen LogP contribution in [0.2, 0.25) is 5.02 Å². The van der Waals surface area contributed by atoms with E-state index >= 15 is 0 Å². The van der Waals surface area contributed by atoms with Crippen LogP contribution >= 0.6 is 11.6 Å². The summed E-state index contributed by atoms with van der Waals surface area (Å²) in [5.74, 6) is 1.48. The van der Waals surface area contributed by atoms with Gasteiger partial charge in [-0.1, -0.05) is 17.7 Å². The summed E-state index contributed by atoms with van der Waals surface area (Å²) in [5.41, 5.74) is 2.38. The molecule has 18 heteroatoms. The van der Waals surface area contributed by atoms with Crippen molar-refractivity contribution in [1.29, 1.82) is 0 Å². The first kappa shape index (κ1) is 42.6. The van der Waals surface area contributed by atoms with Crippen LogP contribution in [0.3, 0.4) is 0 Å². The molecule has 1 aromatic carbocycles. The highest BCUT2D eigenvalue weighted by Gasteiger charge is 2.32. The van der Waals surface area contributed by atoms with Crippen LogP contribution in [0.5, 0.6) is 11.6 Å². The molecule has 1 saturated carbocycles. The third-order valence-corrected chi connectivity index (χ3v) is 10.2. The Morgan fingerprint density at radius 3 is 2.25 bits per heavy atom. The molecule has 1 saturated heterocycles. The highest BCUT2D eigenvalue weighted by atomic mass is 35.5. The number of rotatable bonds is 23. The predicted octanol–water partition coefficient (Wildman–Crippen LogP) is 5.25. The lowest BCUT2D eigenvalue weighted by atomic mass is 9.89. The largest absolute Gasteiger partial charge is 0.487 e. The van der Waals surface area contributed by atoms with Crippen molar-refractivity contribution < 1.29 is 33.2 Å². The Labute approximate surface area is 339 Å². The van der Waals surface area contributed by atoms with Crippen LogP contribution in [0.25, 0.3) is 11.1 Å². The normalized spacial score (nSPS) is 20.7. The minimum atomic E-state index is -0.219. The minimum absolute atomic E-state index is 0.219. The molecule has 2 fully saturated rings. The third-order valence-electron chi connectivity index (χ3n) is 9.88. The quantitative estimate of drug-likeness (QED) is 0.0965. The fourth-order valence-electron chi connectivity index (χ4n) is 7.19. The van der Waals surface area contributed by atoms with E-state index < -0.39 is 0 Å². The van der Waals surface area contributed by atoms with Gasteiger partial charge in [0.15, 0.2) is 0 Å². The minimum Gasteiger partial charge on any atom is -0.487 e. The summed E-state index contributed by atoms with van der Waals surface area (Å²) < 4.78 is 43.7. The number of benzene rings is 1. The Morgan fingerprint density at radius 1 is 0.877 bits per heavy atom. The summed E-state index contributed by atoms with van der Waals surface area (Å²) in [6.07, 6.45) is 12.4. The number of hydrogen-bond acceptors (Lipinski definition) is 15. The van der Waals surface area contributed by atoms with Gasteiger partial charge in [-0.05, 0) is 74.6 Å². The first-order valence-electron chi connectivity index (χ1n) is 19.9. The molecule has 57 heavy (non-hydrogen) atoms. The molecule has 2 aliphatic rings. The van der Waals surface area contributed by atoms with Gasteiger partial charge in [0.05, 0.1) is 82.3 Å². The maximum Gasteiger partial charge on any atom is 0.256 e. The van der Waals surface area contributed by atoms with E-state index in [1.54, 1.807) is 36.6 Å². The monoisotopic (exact) mass is 812 g/mol. The van der Waals surface area contributed by atoms with Gasteiger partial charge in [0, 0.05) is 57.2 Å². The predicted molar refractivity (Wildman–Crippen MR) is 213 cm³/mol. The van der Waals surface area contributed by atoms with Gasteiger partial charge in [-0.25, -0.2) is 14.6 Å². The highest BCUT2D eigenvalue weighted by molar-refractivity contribution is 6.32. The summed E-state index contributed by atoms with van der Waals surface area (Å²) in [7, 11) is 1.65. The van der Waals surface area contributed by atoms with E-state index in [1.807, 2.05) is 25.3 Å². The van der Waals surface area contributed by atoms with Crippen LogP contribution in [0, 0.1) is 0 Å². The van der Waals surface area contributed by atoms with Crippen molar-refractivity contribution in [1.82, 2.24) is 44.9 Å². The maximum atomic E-state index is 6.49. The van der Waals surface area contributed by atoms with Gasteiger partial charge < -0.3 is 38.5 Å². The average molecular weight is 813 g/mol. The molecule has 312 valence electrons. The number of nitrogens with zero attached hydrogens (tertiary/aromatic N) is 9. The second-order valence-electron chi connectivity index (χ2n) is 14.6. The third kappa shape index (κ3) is 13.3. The van der Waals surface area contributed by atoms with Gasteiger partial charge in [0.2, 0.25) is 5.95 Å². The van der Waals surface area contributed by atoms with E-state index in [4.69, 9.17) is 49.9 Å². The number of methoxy groups -OCH3 is 1. The molecule has 3 atom stereocenters. The molecule has 4 aromatic rings. The highest BCUT2D eigenvalue weighted by Crippen LogP contribution is 2.36. The Morgan fingerprint density at radius 2 is 1.56 bits per heavy atom. The van der Waals surface area contributed by atoms with Crippen molar-refractivity contribution >= 4 is 23.2 Å². The first-order chi connectivity index (χ1) is 27.8. The Bertz CT molecular complexity index is 1730. The van der Waals surface area contributed by atoms with E-state index in [9.17, 15) is 0 Å². The SMILES string of the molecule is COCCOCCOCCOCCCOc1nn([C@H]2CC[C@H](N3C[C@@H](C)O[C@@H](C)C3)CC2)cc1Nc1ncc(-c2ccc(Cl)c(O[C@@H](C)Cn3cnnn3)c2)cn1. The lowest BCUT2D eigenvalue weighted by Crippen LogP contribution is -2.51. The molecule has 4 heterocycles. The average Bonchev–Trinajstić information content (AvgIpc) is 3.87. The van der Waals surface area contributed by atoms with Crippen LogP contribution in [-0.4, -0.2) is 142 Å². The number of nitrogens with one attached hydrogen (secondary N) is 1. The molecule has 1 N–H and O–H groups in total. The maximum absolute atomic E-state index is 6.49. The van der Waals surface area contributed by atoms with Gasteiger partial charge in [-0.15, -0.1) is 10.2 Å². The number of anilines is 2. The Hall–Kier alpha value is -3.97. The van der Waals surface area contributed by atoms with Crippen LogP contribution < -0.4 is 14.8 Å². The molecule has 6 rings (SSSR count). The van der Waals surface area contributed by atoms with Crippen molar-refractivity contribution in [3.05, 3.63) is 48.1 Å². The number of tetrazole rings is 1. The Balaban J connectivity index is 1.04. The fraction of sp³-hybridized carbons (Fsp3) is 0.641. The molecule has 1 aliphatic carbocycles.